The van der Waals surface area contributed by atoms with Crippen LogP contribution in [0.3, 0.4) is 0 Å². The molecule has 0 radical (unpaired) electrons. The second-order valence-electron chi connectivity index (χ2n) is 7.78. The molecule has 3 aromatic heterocycles. The molecule has 1 aliphatic heterocycles. The van der Waals surface area contributed by atoms with Gasteiger partial charge in [-0.1, -0.05) is 12.1 Å². The highest BCUT2D eigenvalue weighted by molar-refractivity contribution is 5.77. The fraction of sp³-hybridized carbons (Fsp3) is 0.217. The van der Waals surface area contributed by atoms with E-state index in [0.29, 0.717) is 60.5 Å². The summed E-state index contributed by atoms with van der Waals surface area (Å²) in [5, 5.41) is 7.54. The number of aromatic nitrogens is 7. The van der Waals surface area contributed by atoms with Gasteiger partial charge in [0.2, 0.25) is 24.2 Å². The van der Waals surface area contributed by atoms with Gasteiger partial charge >= 0.3 is 6.01 Å². The van der Waals surface area contributed by atoms with Crippen molar-refractivity contribution in [3.05, 3.63) is 60.7 Å². The van der Waals surface area contributed by atoms with Gasteiger partial charge in [0.1, 0.15) is 5.75 Å². The molecule has 0 spiro atoms. The molecule has 4 heterocycles. The molecule has 36 heavy (non-hydrogen) atoms. The third-order valence-electron chi connectivity index (χ3n) is 5.54. The molecule has 13 heteroatoms. The topological polar surface area (TPSA) is 117 Å². The van der Waals surface area contributed by atoms with E-state index in [2.05, 4.69) is 30.1 Å². The number of rotatable bonds is 6. The van der Waals surface area contributed by atoms with E-state index in [-0.39, 0.29) is 12.0 Å². The first-order valence-electron chi connectivity index (χ1n) is 11.0. The van der Waals surface area contributed by atoms with Crippen LogP contribution >= 0.6 is 0 Å². The van der Waals surface area contributed by atoms with Crippen LogP contribution in [0.2, 0.25) is 0 Å². The summed E-state index contributed by atoms with van der Waals surface area (Å²) < 4.78 is 45.7. The molecule has 182 valence electrons. The normalized spacial score (nSPS) is 14.0. The van der Waals surface area contributed by atoms with Gasteiger partial charge in [0.15, 0.2) is 5.82 Å². The molecule has 1 aliphatic rings. The Morgan fingerprint density at radius 1 is 0.889 bits per heavy atom. The van der Waals surface area contributed by atoms with E-state index in [1.807, 2.05) is 4.90 Å². The van der Waals surface area contributed by atoms with Gasteiger partial charge in [-0.15, -0.1) is 10.2 Å². The Labute approximate surface area is 202 Å². The average molecular weight is 492 g/mol. The number of imidazole rings is 1. The van der Waals surface area contributed by atoms with Gasteiger partial charge in [-0.2, -0.15) is 15.0 Å². The van der Waals surface area contributed by atoms with Crippen molar-refractivity contribution in [2.45, 2.75) is 6.43 Å². The molecule has 1 fully saturated rings. The van der Waals surface area contributed by atoms with Crippen molar-refractivity contribution in [2.75, 3.05) is 31.2 Å². The predicted molar refractivity (Wildman–Crippen MR) is 122 cm³/mol. The number of morpholine rings is 1. The molecular weight excluding hydrogens is 474 g/mol. The molecule has 5 aromatic rings. The Hall–Kier alpha value is -4.52. The Bertz CT molecular complexity index is 1490. The molecule has 0 saturated carbocycles. The van der Waals surface area contributed by atoms with Gasteiger partial charge in [0.25, 0.3) is 6.43 Å². The van der Waals surface area contributed by atoms with Crippen LogP contribution in [0.4, 0.5) is 14.7 Å². The first-order valence-corrected chi connectivity index (χ1v) is 11.0. The zero-order chi connectivity index (χ0) is 24.5. The smallest absolute Gasteiger partial charge is 0.328 e. The third kappa shape index (κ3) is 4.20. The number of fused-ring (bicyclic) bond motifs is 1. The van der Waals surface area contributed by atoms with E-state index in [4.69, 9.17) is 13.9 Å². The van der Waals surface area contributed by atoms with Crippen molar-refractivity contribution in [1.82, 2.24) is 34.7 Å². The lowest BCUT2D eigenvalue weighted by molar-refractivity contribution is 0.122. The van der Waals surface area contributed by atoms with Crippen molar-refractivity contribution in [3.8, 4) is 29.2 Å². The van der Waals surface area contributed by atoms with Crippen LogP contribution < -0.4 is 9.64 Å². The monoisotopic (exact) mass is 492 g/mol. The highest BCUT2D eigenvalue weighted by Gasteiger charge is 2.24. The predicted octanol–water partition coefficient (Wildman–Crippen LogP) is 3.83. The number of hydrogen-bond donors (Lipinski definition) is 0. The summed E-state index contributed by atoms with van der Waals surface area (Å²) in [6.07, 6.45) is -1.60. The van der Waals surface area contributed by atoms with Crippen LogP contribution in [0.1, 0.15) is 12.2 Å². The molecule has 2 aromatic carbocycles. The van der Waals surface area contributed by atoms with Crippen LogP contribution in [0.25, 0.3) is 28.4 Å². The number of anilines is 1. The summed E-state index contributed by atoms with van der Waals surface area (Å²) in [6.45, 7) is 2.05. The minimum absolute atomic E-state index is 0.0204. The molecule has 0 amide bonds. The Kier molecular flexibility index (Phi) is 5.65. The number of nitrogens with zero attached hydrogens (tertiary/aromatic N) is 8. The number of halogens is 2. The van der Waals surface area contributed by atoms with E-state index < -0.39 is 12.2 Å². The number of ether oxygens (including phenoxy) is 2. The molecule has 11 nitrogen and oxygen atoms in total. The van der Waals surface area contributed by atoms with Gasteiger partial charge in [-0.3, -0.25) is 4.57 Å². The highest BCUT2D eigenvalue weighted by Crippen LogP contribution is 2.29. The molecule has 1 saturated heterocycles. The molecule has 0 unspecified atom stereocenters. The number of para-hydroxylation sites is 2. The maximum atomic E-state index is 14.0. The number of alkyl halides is 2. The zero-order valence-corrected chi connectivity index (χ0v) is 18.7. The van der Waals surface area contributed by atoms with E-state index in [1.165, 1.54) is 11.0 Å². The summed E-state index contributed by atoms with van der Waals surface area (Å²) in [7, 11) is 0. The average Bonchev–Trinajstić information content (AvgIpc) is 3.58. The van der Waals surface area contributed by atoms with E-state index in [0.717, 1.165) is 0 Å². The van der Waals surface area contributed by atoms with Crippen molar-refractivity contribution in [2.24, 2.45) is 0 Å². The number of hydrogen-bond acceptors (Lipinski definition) is 10. The van der Waals surface area contributed by atoms with Crippen LogP contribution in [-0.4, -0.2) is 61.0 Å². The lowest BCUT2D eigenvalue weighted by Gasteiger charge is -2.27. The molecule has 0 N–H and O–H groups in total. The standard InChI is InChI=1S/C23H18F2N8O3/c24-18(25)19-27-16-3-1-2-4-17(16)33(19)22-28-21(32-9-11-34-12-10-32)29-23(30-22)36-15-7-5-14(6-8-15)20-31-26-13-35-20/h1-8,13,18H,9-12H2. The Morgan fingerprint density at radius 2 is 1.67 bits per heavy atom. The van der Waals surface area contributed by atoms with Crippen LogP contribution in [0, 0.1) is 0 Å². The number of benzene rings is 2. The largest absolute Gasteiger partial charge is 0.424 e. The minimum Gasteiger partial charge on any atom is -0.424 e. The third-order valence-corrected chi connectivity index (χ3v) is 5.54. The second kappa shape index (κ2) is 9.26. The van der Waals surface area contributed by atoms with E-state index >= 15 is 0 Å². The van der Waals surface area contributed by atoms with Crippen LogP contribution in [-0.2, 0) is 4.74 Å². The minimum atomic E-state index is -2.84. The van der Waals surface area contributed by atoms with Crippen LogP contribution in [0.15, 0.2) is 59.3 Å². The van der Waals surface area contributed by atoms with Gasteiger partial charge in [-0.25, -0.2) is 13.8 Å². The quantitative estimate of drug-likeness (QED) is 0.346. The lowest BCUT2D eigenvalue weighted by atomic mass is 10.2. The Morgan fingerprint density at radius 3 is 2.42 bits per heavy atom. The first-order chi connectivity index (χ1) is 17.7. The summed E-state index contributed by atoms with van der Waals surface area (Å²) in [6, 6.07) is 13.6. The summed E-state index contributed by atoms with van der Waals surface area (Å²) in [4.78, 5) is 19.3. The zero-order valence-electron chi connectivity index (χ0n) is 18.7. The lowest BCUT2D eigenvalue weighted by Crippen LogP contribution is -2.37. The summed E-state index contributed by atoms with van der Waals surface area (Å²) >= 11 is 0. The molecular formula is C23H18F2N8O3. The van der Waals surface area contributed by atoms with Gasteiger partial charge in [0, 0.05) is 18.7 Å². The van der Waals surface area contributed by atoms with Gasteiger partial charge in [-0.05, 0) is 36.4 Å². The SMILES string of the molecule is FC(F)c1nc2ccccc2n1-c1nc(Oc2ccc(-c3nnco3)cc2)nc(N2CCOCC2)n1. The molecule has 6 rings (SSSR count). The molecule has 0 atom stereocenters. The maximum absolute atomic E-state index is 14.0. The fourth-order valence-electron chi connectivity index (χ4n) is 3.86. The van der Waals surface area contributed by atoms with Crippen molar-refractivity contribution >= 4 is 17.0 Å². The van der Waals surface area contributed by atoms with E-state index in [9.17, 15) is 8.78 Å². The van der Waals surface area contributed by atoms with Gasteiger partial charge in [0.05, 0.1) is 24.2 Å². The molecule has 0 aliphatic carbocycles. The second-order valence-corrected chi connectivity index (χ2v) is 7.78. The van der Waals surface area contributed by atoms with E-state index in [1.54, 1.807) is 48.5 Å². The van der Waals surface area contributed by atoms with Gasteiger partial charge < -0.3 is 18.8 Å². The highest BCUT2D eigenvalue weighted by atomic mass is 19.3. The first kappa shape index (κ1) is 22.0. The Balaban J connectivity index is 1.43. The summed E-state index contributed by atoms with van der Waals surface area (Å²) in [5.41, 5.74) is 1.55. The fourth-order valence-corrected chi connectivity index (χ4v) is 3.86. The summed E-state index contributed by atoms with van der Waals surface area (Å²) in [5.74, 6) is 0.593. The van der Waals surface area contributed by atoms with Crippen molar-refractivity contribution in [1.29, 1.82) is 0 Å². The maximum Gasteiger partial charge on any atom is 0.328 e. The van der Waals surface area contributed by atoms with Crippen molar-refractivity contribution < 1.29 is 22.7 Å². The molecule has 0 bridgehead atoms. The van der Waals surface area contributed by atoms with Crippen molar-refractivity contribution in [3.63, 3.8) is 0 Å². The van der Waals surface area contributed by atoms with Crippen LogP contribution in [0.5, 0.6) is 11.8 Å².